The molecule has 166 valence electrons. The highest BCUT2D eigenvalue weighted by atomic mass is 16.3. The molecule has 1 saturated heterocycles. The van der Waals surface area contributed by atoms with E-state index in [1.807, 2.05) is 54.6 Å². The first-order chi connectivity index (χ1) is 15.6. The van der Waals surface area contributed by atoms with Gasteiger partial charge in [-0.25, -0.2) is 9.97 Å². The summed E-state index contributed by atoms with van der Waals surface area (Å²) in [5.74, 6) is 0.697. The van der Waals surface area contributed by atoms with Crippen molar-refractivity contribution >= 4 is 28.9 Å². The summed E-state index contributed by atoms with van der Waals surface area (Å²) in [7, 11) is 0. The van der Waals surface area contributed by atoms with Crippen molar-refractivity contribution in [3.8, 4) is 11.3 Å². The van der Waals surface area contributed by atoms with Gasteiger partial charge in [-0.1, -0.05) is 18.2 Å². The fourth-order valence-electron chi connectivity index (χ4n) is 3.90. The number of nitrogens with two attached hydrogens (primary N) is 1. The maximum absolute atomic E-state index is 12.4. The highest BCUT2D eigenvalue weighted by Crippen LogP contribution is 2.22. The molecule has 1 aliphatic heterocycles. The number of aliphatic hydroxyl groups excluding tert-OH is 1. The standard InChI is InChI=1S/C24H28N6O2/c25-19-4-1-5-21(13-19)28-24-26-11-10-22(29-24)18-6-8-20(9-7-18)27-23(32)15-30-12-2-3-17(14-30)16-31/h1,4-11,13,17,31H,2-3,12,14-16,25H2,(H,27,32)(H,26,28,29). The average molecular weight is 433 g/mol. The molecule has 0 aliphatic carbocycles. The zero-order valence-electron chi connectivity index (χ0n) is 17.9. The quantitative estimate of drug-likeness (QED) is 0.424. The number of hydrogen-bond donors (Lipinski definition) is 4. The lowest BCUT2D eigenvalue weighted by atomic mass is 9.99. The first-order valence-electron chi connectivity index (χ1n) is 10.8. The van der Waals surface area contributed by atoms with Gasteiger partial charge in [0, 0.05) is 42.0 Å². The van der Waals surface area contributed by atoms with Gasteiger partial charge in [0.1, 0.15) is 0 Å². The number of piperidine rings is 1. The smallest absolute Gasteiger partial charge is 0.238 e. The molecule has 0 saturated carbocycles. The van der Waals surface area contributed by atoms with E-state index in [-0.39, 0.29) is 18.4 Å². The maximum atomic E-state index is 12.4. The number of aromatic nitrogens is 2. The van der Waals surface area contributed by atoms with Gasteiger partial charge in [-0.2, -0.15) is 0 Å². The molecule has 1 atom stereocenters. The molecule has 1 fully saturated rings. The van der Waals surface area contributed by atoms with Crippen molar-refractivity contribution in [1.82, 2.24) is 14.9 Å². The number of carbonyl (C=O) groups excluding carboxylic acids is 1. The minimum absolute atomic E-state index is 0.0491. The number of benzene rings is 2. The number of hydrogen-bond acceptors (Lipinski definition) is 7. The minimum atomic E-state index is -0.0491. The Morgan fingerprint density at radius 3 is 2.78 bits per heavy atom. The third kappa shape index (κ3) is 5.81. The Hall–Kier alpha value is -3.49. The van der Waals surface area contributed by atoms with Crippen LogP contribution in [-0.2, 0) is 4.79 Å². The van der Waals surface area contributed by atoms with Crippen molar-refractivity contribution in [2.75, 3.05) is 42.6 Å². The van der Waals surface area contributed by atoms with Crippen LogP contribution in [0.15, 0.2) is 60.8 Å². The number of carbonyl (C=O) groups is 1. The summed E-state index contributed by atoms with van der Waals surface area (Å²) in [6.07, 6.45) is 3.74. The number of rotatable bonds is 7. The zero-order chi connectivity index (χ0) is 22.3. The van der Waals surface area contributed by atoms with Crippen molar-refractivity contribution < 1.29 is 9.90 Å². The molecule has 1 amide bonds. The van der Waals surface area contributed by atoms with Crippen LogP contribution in [-0.4, -0.2) is 52.1 Å². The van der Waals surface area contributed by atoms with Gasteiger partial charge in [-0.15, -0.1) is 0 Å². The number of likely N-dealkylation sites (tertiary alicyclic amines) is 1. The Balaban J connectivity index is 1.36. The average Bonchev–Trinajstić information content (AvgIpc) is 2.80. The van der Waals surface area contributed by atoms with Gasteiger partial charge >= 0.3 is 0 Å². The molecule has 1 aliphatic rings. The first kappa shape index (κ1) is 21.7. The zero-order valence-corrected chi connectivity index (χ0v) is 17.9. The third-order valence-electron chi connectivity index (χ3n) is 5.49. The lowest BCUT2D eigenvalue weighted by molar-refractivity contribution is -0.117. The van der Waals surface area contributed by atoms with Gasteiger partial charge in [-0.05, 0) is 61.7 Å². The van der Waals surface area contributed by atoms with Crippen molar-refractivity contribution in [3.05, 3.63) is 60.8 Å². The van der Waals surface area contributed by atoms with Crippen LogP contribution >= 0.6 is 0 Å². The van der Waals surface area contributed by atoms with Gasteiger partial charge in [0.05, 0.1) is 12.2 Å². The molecule has 32 heavy (non-hydrogen) atoms. The molecule has 2 aromatic carbocycles. The number of aliphatic hydroxyl groups is 1. The predicted octanol–water partition coefficient (Wildman–Crippen LogP) is 3.11. The molecule has 2 heterocycles. The molecule has 1 aromatic heterocycles. The Labute approximate surface area is 187 Å². The molecule has 5 N–H and O–H groups in total. The van der Waals surface area contributed by atoms with E-state index in [9.17, 15) is 9.90 Å². The van der Waals surface area contributed by atoms with E-state index in [2.05, 4.69) is 25.5 Å². The number of nitrogens with one attached hydrogen (secondary N) is 2. The molecule has 4 rings (SSSR count). The molecular weight excluding hydrogens is 404 g/mol. The van der Waals surface area contributed by atoms with Gasteiger partial charge < -0.3 is 21.5 Å². The van der Waals surface area contributed by atoms with Crippen LogP contribution < -0.4 is 16.4 Å². The molecule has 1 unspecified atom stereocenters. The fourth-order valence-corrected chi connectivity index (χ4v) is 3.90. The largest absolute Gasteiger partial charge is 0.399 e. The van der Waals surface area contributed by atoms with Gasteiger partial charge in [0.15, 0.2) is 0 Å². The summed E-state index contributed by atoms with van der Waals surface area (Å²) < 4.78 is 0. The van der Waals surface area contributed by atoms with Crippen molar-refractivity contribution in [1.29, 1.82) is 0 Å². The van der Waals surface area contributed by atoms with E-state index in [0.717, 1.165) is 48.6 Å². The number of nitrogens with zero attached hydrogens (tertiary/aromatic N) is 3. The Kier molecular flexibility index (Phi) is 6.94. The molecule has 0 spiro atoms. The molecular formula is C24H28N6O2. The predicted molar refractivity (Wildman–Crippen MR) is 126 cm³/mol. The van der Waals surface area contributed by atoms with Crippen molar-refractivity contribution in [2.45, 2.75) is 12.8 Å². The van der Waals surface area contributed by atoms with Crippen LogP contribution in [0.25, 0.3) is 11.3 Å². The van der Waals surface area contributed by atoms with Crippen LogP contribution in [0.5, 0.6) is 0 Å². The van der Waals surface area contributed by atoms with E-state index >= 15 is 0 Å². The van der Waals surface area contributed by atoms with E-state index in [1.54, 1.807) is 6.20 Å². The van der Waals surface area contributed by atoms with E-state index in [4.69, 9.17) is 5.73 Å². The molecule has 3 aromatic rings. The SMILES string of the molecule is Nc1cccc(Nc2nccc(-c3ccc(NC(=O)CN4CCCC(CO)C4)cc3)n2)c1. The fraction of sp³-hybridized carbons (Fsp3) is 0.292. The highest BCUT2D eigenvalue weighted by molar-refractivity contribution is 5.92. The molecule has 0 bridgehead atoms. The Bertz CT molecular complexity index is 1060. The van der Waals surface area contributed by atoms with E-state index in [1.165, 1.54) is 0 Å². The molecule has 8 heteroatoms. The van der Waals surface area contributed by atoms with Gasteiger partial charge in [0.2, 0.25) is 11.9 Å². The van der Waals surface area contributed by atoms with E-state index in [0.29, 0.717) is 18.2 Å². The van der Waals surface area contributed by atoms with Crippen molar-refractivity contribution in [3.63, 3.8) is 0 Å². The third-order valence-corrected chi connectivity index (χ3v) is 5.49. The summed E-state index contributed by atoms with van der Waals surface area (Å²) in [5, 5.41) is 15.5. The number of amides is 1. The Morgan fingerprint density at radius 1 is 1.16 bits per heavy atom. The molecule has 8 nitrogen and oxygen atoms in total. The van der Waals surface area contributed by atoms with Crippen LogP contribution in [0.4, 0.5) is 23.0 Å². The normalized spacial score (nSPS) is 16.5. The first-order valence-corrected chi connectivity index (χ1v) is 10.8. The summed E-state index contributed by atoms with van der Waals surface area (Å²) in [5.41, 5.74) is 9.73. The second-order valence-corrected chi connectivity index (χ2v) is 8.07. The van der Waals surface area contributed by atoms with E-state index < -0.39 is 0 Å². The van der Waals surface area contributed by atoms with Gasteiger partial charge in [-0.3, -0.25) is 9.69 Å². The monoisotopic (exact) mass is 432 g/mol. The Morgan fingerprint density at radius 2 is 2.00 bits per heavy atom. The summed E-state index contributed by atoms with van der Waals surface area (Å²) in [6, 6.07) is 16.8. The molecule has 0 radical (unpaired) electrons. The number of anilines is 4. The highest BCUT2D eigenvalue weighted by Gasteiger charge is 2.20. The second-order valence-electron chi connectivity index (χ2n) is 8.07. The van der Waals surface area contributed by atoms with Crippen LogP contribution in [0, 0.1) is 5.92 Å². The van der Waals surface area contributed by atoms with Crippen LogP contribution in [0.2, 0.25) is 0 Å². The number of nitrogen functional groups attached to an aromatic ring is 1. The topological polar surface area (TPSA) is 116 Å². The summed E-state index contributed by atoms with van der Waals surface area (Å²) in [4.78, 5) is 23.4. The summed E-state index contributed by atoms with van der Waals surface area (Å²) >= 11 is 0. The van der Waals surface area contributed by atoms with Crippen LogP contribution in [0.3, 0.4) is 0 Å². The maximum Gasteiger partial charge on any atom is 0.238 e. The van der Waals surface area contributed by atoms with Crippen LogP contribution in [0.1, 0.15) is 12.8 Å². The summed E-state index contributed by atoms with van der Waals surface area (Å²) in [6.45, 7) is 2.17. The van der Waals surface area contributed by atoms with Gasteiger partial charge in [0.25, 0.3) is 0 Å². The lowest BCUT2D eigenvalue weighted by Crippen LogP contribution is -2.41. The lowest BCUT2D eigenvalue weighted by Gasteiger charge is -2.31. The van der Waals surface area contributed by atoms with Crippen molar-refractivity contribution in [2.24, 2.45) is 5.92 Å². The second kappa shape index (κ2) is 10.2. The minimum Gasteiger partial charge on any atom is -0.399 e.